The molecule has 1 aromatic rings. The van der Waals surface area contributed by atoms with Gasteiger partial charge in [-0.1, -0.05) is 50.3 Å². The average molecular weight is 232 g/mol. The lowest BCUT2D eigenvalue weighted by atomic mass is 9.88. The van der Waals surface area contributed by atoms with Gasteiger partial charge in [-0.3, -0.25) is 0 Å². The third-order valence-corrected chi connectivity index (χ3v) is 3.11. The first-order valence-electron chi connectivity index (χ1n) is 6.03. The predicted molar refractivity (Wildman–Crippen MR) is 68.7 cm³/mol. The van der Waals surface area contributed by atoms with Crippen LogP contribution in [0.25, 0.3) is 0 Å². The molecule has 2 atom stereocenters. The van der Waals surface area contributed by atoms with Crippen LogP contribution in [0.4, 0.5) is 0 Å². The van der Waals surface area contributed by atoms with E-state index in [1.54, 1.807) is 0 Å². The Hall–Kier alpha value is -1.12. The molecule has 0 aliphatic carbocycles. The summed E-state index contributed by atoms with van der Waals surface area (Å²) in [4.78, 5) is 0. The van der Waals surface area contributed by atoms with E-state index < -0.39 is 0 Å². The molecule has 2 heteroatoms. The molecule has 2 rings (SSSR count). The SMILES string of the molecule is C=C[C@@H]1O[C@H]1C(C)(C)COCc1ccccc1. The van der Waals surface area contributed by atoms with E-state index in [0.717, 1.165) is 0 Å². The average Bonchev–Trinajstić information content (AvgIpc) is 3.10. The summed E-state index contributed by atoms with van der Waals surface area (Å²) >= 11 is 0. The first-order valence-corrected chi connectivity index (χ1v) is 6.03. The molecule has 1 aliphatic rings. The molecule has 0 saturated carbocycles. The molecule has 2 nitrogen and oxygen atoms in total. The zero-order valence-corrected chi connectivity index (χ0v) is 10.6. The van der Waals surface area contributed by atoms with Crippen LogP contribution in [0, 0.1) is 5.41 Å². The lowest BCUT2D eigenvalue weighted by Crippen LogP contribution is -2.27. The highest BCUT2D eigenvalue weighted by atomic mass is 16.6. The van der Waals surface area contributed by atoms with Crippen LogP contribution in [0.2, 0.25) is 0 Å². The fourth-order valence-corrected chi connectivity index (χ4v) is 2.02. The van der Waals surface area contributed by atoms with Gasteiger partial charge in [0.15, 0.2) is 0 Å². The van der Waals surface area contributed by atoms with Gasteiger partial charge in [0, 0.05) is 5.41 Å². The Balaban J connectivity index is 1.77. The van der Waals surface area contributed by atoms with E-state index in [9.17, 15) is 0 Å². The zero-order valence-electron chi connectivity index (χ0n) is 10.6. The van der Waals surface area contributed by atoms with E-state index in [-0.39, 0.29) is 17.6 Å². The minimum absolute atomic E-state index is 0.0492. The smallest absolute Gasteiger partial charge is 0.103 e. The Morgan fingerprint density at radius 1 is 1.35 bits per heavy atom. The normalized spacial score (nSPS) is 23.4. The number of epoxide rings is 1. The summed E-state index contributed by atoms with van der Waals surface area (Å²) in [7, 11) is 0. The summed E-state index contributed by atoms with van der Waals surface area (Å²) in [6.45, 7) is 9.46. The maximum absolute atomic E-state index is 5.76. The maximum atomic E-state index is 5.76. The van der Waals surface area contributed by atoms with E-state index >= 15 is 0 Å². The molecule has 0 unspecified atom stereocenters. The highest BCUT2D eigenvalue weighted by Crippen LogP contribution is 2.39. The lowest BCUT2D eigenvalue weighted by molar-refractivity contribution is 0.0366. The molecular formula is C15H20O2. The van der Waals surface area contributed by atoms with Crippen LogP contribution in [0.3, 0.4) is 0 Å². The molecule has 0 N–H and O–H groups in total. The fourth-order valence-electron chi connectivity index (χ4n) is 2.02. The van der Waals surface area contributed by atoms with Crippen molar-refractivity contribution in [3.05, 3.63) is 48.6 Å². The molecular weight excluding hydrogens is 212 g/mol. The molecule has 1 aromatic carbocycles. The summed E-state index contributed by atoms with van der Waals surface area (Å²) in [6, 6.07) is 10.2. The summed E-state index contributed by atoms with van der Waals surface area (Å²) in [5, 5.41) is 0. The van der Waals surface area contributed by atoms with Gasteiger partial charge >= 0.3 is 0 Å². The predicted octanol–water partition coefficient (Wildman–Crippen LogP) is 3.18. The van der Waals surface area contributed by atoms with Gasteiger partial charge in [-0.2, -0.15) is 0 Å². The van der Waals surface area contributed by atoms with Crippen molar-refractivity contribution in [2.75, 3.05) is 6.61 Å². The molecule has 17 heavy (non-hydrogen) atoms. The second kappa shape index (κ2) is 5.03. The number of benzene rings is 1. The van der Waals surface area contributed by atoms with Crippen LogP contribution in [0.1, 0.15) is 19.4 Å². The Kier molecular flexibility index (Phi) is 3.65. The molecule has 0 aromatic heterocycles. The van der Waals surface area contributed by atoms with Gasteiger partial charge in [0.1, 0.15) is 6.10 Å². The topological polar surface area (TPSA) is 21.8 Å². The van der Waals surface area contributed by atoms with Crippen molar-refractivity contribution in [1.29, 1.82) is 0 Å². The van der Waals surface area contributed by atoms with Crippen LogP contribution in [-0.2, 0) is 16.1 Å². The van der Waals surface area contributed by atoms with Crippen molar-refractivity contribution >= 4 is 0 Å². The number of hydrogen-bond acceptors (Lipinski definition) is 2. The van der Waals surface area contributed by atoms with Crippen LogP contribution >= 0.6 is 0 Å². The number of rotatable bonds is 6. The molecule has 0 radical (unpaired) electrons. The Bertz CT molecular complexity index is 370. The van der Waals surface area contributed by atoms with Crippen LogP contribution in [0.15, 0.2) is 43.0 Å². The van der Waals surface area contributed by atoms with Crippen molar-refractivity contribution in [2.24, 2.45) is 5.41 Å². The molecule has 1 aliphatic heterocycles. The van der Waals surface area contributed by atoms with E-state index in [1.807, 2.05) is 24.3 Å². The first kappa shape index (κ1) is 12.3. The molecule has 1 fully saturated rings. The highest BCUT2D eigenvalue weighted by molar-refractivity contribution is 5.13. The molecule has 92 valence electrons. The minimum atomic E-state index is 0.0492. The van der Waals surface area contributed by atoms with Gasteiger partial charge in [-0.15, -0.1) is 6.58 Å². The second-order valence-corrected chi connectivity index (χ2v) is 5.22. The van der Waals surface area contributed by atoms with Gasteiger partial charge < -0.3 is 9.47 Å². The third kappa shape index (κ3) is 3.18. The largest absolute Gasteiger partial charge is 0.376 e. The van der Waals surface area contributed by atoms with Gasteiger partial charge in [0.05, 0.1) is 19.3 Å². The quantitative estimate of drug-likeness (QED) is 0.555. The maximum Gasteiger partial charge on any atom is 0.103 e. The van der Waals surface area contributed by atoms with E-state index in [1.165, 1.54) is 5.56 Å². The van der Waals surface area contributed by atoms with Crippen LogP contribution < -0.4 is 0 Å². The van der Waals surface area contributed by atoms with Crippen molar-refractivity contribution < 1.29 is 9.47 Å². The monoisotopic (exact) mass is 232 g/mol. The van der Waals surface area contributed by atoms with E-state index in [0.29, 0.717) is 13.2 Å². The Morgan fingerprint density at radius 2 is 2.06 bits per heavy atom. The van der Waals surface area contributed by atoms with Crippen molar-refractivity contribution in [1.82, 2.24) is 0 Å². The Labute approximate surface area is 103 Å². The lowest BCUT2D eigenvalue weighted by Gasteiger charge is -2.22. The van der Waals surface area contributed by atoms with Crippen LogP contribution in [-0.4, -0.2) is 18.8 Å². The fraction of sp³-hybridized carbons (Fsp3) is 0.467. The highest BCUT2D eigenvalue weighted by Gasteiger charge is 2.47. The number of hydrogen-bond donors (Lipinski definition) is 0. The summed E-state index contributed by atoms with van der Waals surface area (Å²) in [5.74, 6) is 0. The summed E-state index contributed by atoms with van der Waals surface area (Å²) in [6.07, 6.45) is 2.34. The first-order chi connectivity index (χ1) is 8.13. The zero-order chi connectivity index (χ0) is 12.3. The van der Waals surface area contributed by atoms with Gasteiger partial charge in [0.2, 0.25) is 0 Å². The van der Waals surface area contributed by atoms with E-state index in [4.69, 9.17) is 9.47 Å². The van der Waals surface area contributed by atoms with Gasteiger partial charge in [-0.05, 0) is 5.56 Å². The minimum Gasteiger partial charge on any atom is -0.376 e. The van der Waals surface area contributed by atoms with E-state index in [2.05, 4.69) is 32.6 Å². The van der Waals surface area contributed by atoms with Crippen molar-refractivity contribution in [2.45, 2.75) is 32.7 Å². The molecule has 0 spiro atoms. The number of ether oxygens (including phenoxy) is 2. The molecule has 0 bridgehead atoms. The third-order valence-electron chi connectivity index (χ3n) is 3.11. The standard InChI is InChI=1S/C15H20O2/c1-4-13-14(17-13)15(2,3)11-16-10-12-8-6-5-7-9-12/h4-9,13-14H,1,10-11H2,2-3H3/t13-,14+/m0/s1. The molecule has 0 amide bonds. The van der Waals surface area contributed by atoms with Gasteiger partial charge in [0.25, 0.3) is 0 Å². The Morgan fingerprint density at radius 3 is 2.65 bits per heavy atom. The van der Waals surface area contributed by atoms with Crippen molar-refractivity contribution in [3.8, 4) is 0 Å². The van der Waals surface area contributed by atoms with Gasteiger partial charge in [-0.25, -0.2) is 0 Å². The van der Waals surface area contributed by atoms with Crippen LogP contribution in [0.5, 0.6) is 0 Å². The van der Waals surface area contributed by atoms with Crippen molar-refractivity contribution in [3.63, 3.8) is 0 Å². The molecule has 1 heterocycles. The second-order valence-electron chi connectivity index (χ2n) is 5.22. The molecule has 1 saturated heterocycles. The summed E-state index contributed by atoms with van der Waals surface area (Å²) in [5.41, 5.74) is 1.26. The summed E-state index contributed by atoms with van der Waals surface area (Å²) < 4.78 is 11.3.